The smallest absolute Gasteiger partial charge is 0.410 e. The molecule has 186 valence electrons. The van der Waals surface area contributed by atoms with Crippen molar-refractivity contribution in [3.05, 3.63) is 48.2 Å². The van der Waals surface area contributed by atoms with Gasteiger partial charge in [0.25, 0.3) is 0 Å². The average Bonchev–Trinajstić information content (AvgIpc) is 3.16. The van der Waals surface area contributed by atoms with Gasteiger partial charge in [-0.05, 0) is 26.8 Å². The van der Waals surface area contributed by atoms with Crippen molar-refractivity contribution in [2.75, 3.05) is 26.3 Å². The summed E-state index contributed by atoms with van der Waals surface area (Å²) in [7, 11) is 0. The van der Waals surface area contributed by atoms with Gasteiger partial charge in [0.1, 0.15) is 29.5 Å². The number of nitrogens with zero attached hydrogens (tertiary/aromatic N) is 4. The number of benzene rings is 1. The van der Waals surface area contributed by atoms with Crippen LogP contribution in [0.2, 0.25) is 0 Å². The van der Waals surface area contributed by atoms with Crippen LogP contribution in [0.4, 0.5) is 18.0 Å². The van der Waals surface area contributed by atoms with E-state index in [9.17, 15) is 18.0 Å². The Bertz CT molecular complexity index is 1240. The number of likely N-dealkylation sites (tertiary alicyclic amines) is 1. The standard InChI is InChI=1S/C24H25F3N4O4/c1-24(2,3)35-23(32)30-8-13-10-33-11-14(9-30)20(13)34-22-16-4-5-31(21(16)28-12-29-22)19-17(26)6-15(25)7-18(19)27/h4-7,12-14,20H,8-11H2,1-3H3. The highest BCUT2D eigenvalue weighted by atomic mass is 19.1. The van der Waals surface area contributed by atoms with E-state index in [1.807, 2.05) is 20.8 Å². The lowest BCUT2D eigenvalue weighted by atomic mass is 9.84. The van der Waals surface area contributed by atoms with Crippen LogP contribution in [0.5, 0.6) is 5.88 Å². The molecule has 0 aliphatic carbocycles. The number of rotatable bonds is 3. The zero-order valence-corrected chi connectivity index (χ0v) is 19.5. The molecule has 0 saturated carbocycles. The number of hydrogen-bond donors (Lipinski definition) is 0. The number of carbonyl (C=O) groups excluding carboxylic acids is 1. The van der Waals surface area contributed by atoms with Crippen molar-refractivity contribution in [2.24, 2.45) is 11.8 Å². The Balaban J connectivity index is 1.41. The third kappa shape index (κ3) is 4.52. The van der Waals surface area contributed by atoms with Crippen molar-refractivity contribution in [2.45, 2.75) is 32.5 Å². The third-order valence-electron chi connectivity index (χ3n) is 6.07. The predicted octanol–water partition coefficient (Wildman–Crippen LogP) is 4.10. The molecule has 2 aliphatic heterocycles. The fourth-order valence-corrected chi connectivity index (χ4v) is 4.66. The minimum absolute atomic E-state index is 0.117. The molecule has 5 rings (SSSR count). The van der Waals surface area contributed by atoms with Crippen molar-refractivity contribution in [3.8, 4) is 11.6 Å². The Labute approximate surface area is 199 Å². The largest absolute Gasteiger partial charge is 0.473 e. The maximum atomic E-state index is 14.4. The Morgan fingerprint density at radius 1 is 1.09 bits per heavy atom. The summed E-state index contributed by atoms with van der Waals surface area (Å²) in [6.45, 7) is 7.07. The molecule has 2 atom stereocenters. The normalized spacial score (nSPS) is 22.3. The summed E-state index contributed by atoms with van der Waals surface area (Å²) in [5.41, 5.74) is -0.826. The number of amides is 1. The van der Waals surface area contributed by atoms with Gasteiger partial charge in [-0.3, -0.25) is 4.57 Å². The van der Waals surface area contributed by atoms with Gasteiger partial charge in [0.05, 0.1) is 18.6 Å². The highest BCUT2D eigenvalue weighted by Crippen LogP contribution is 2.34. The summed E-state index contributed by atoms with van der Waals surface area (Å²) in [4.78, 5) is 22.7. The van der Waals surface area contributed by atoms with E-state index in [2.05, 4.69) is 9.97 Å². The van der Waals surface area contributed by atoms with Crippen molar-refractivity contribution in [1.82, 2.24) is 19.4 Å². The number of carbonyl (C=O) groups is 1. The molecular formula is C24H25F3N4O4. The van der Waals surface area contributed by atoms with Crippen LogP contribution in [0, 0.1) is 29.3 Å². The second-order valence-corrected chi connectivity index (χ2v) is 9.85. The lowest BCUT2D eigenvalue weighted by Gasteiger charge is -2.46. The highest BCUT2D eigenvalue weighted by Gasteiger charge is 2.44. The van der Waals surface area contributed by atoms with E-state index in [-0.39, 0.29) is 35.6 Å². The van der Waals surface area contributed by atoms with Crippen molar-refractivity contribution in [3.63, 3.8) is 0 Å². The van der Waals surface area contributed by atoms with Crippen LogP contribution >= 0.6 is 0 Å². The van der Waals surface area contributed by atoms with Gasteiger partial charge in [-0.2, -0.15) is 0 Å². The highest BCUT2D eigenvalue weighted by molar-refractivity contribution is 5.83. The molecule has 1 amide bonds. The third-order valence-corrected chi connectivity index (χ3v) is 6.07. The van der Waals surface area contributed by atoms with Gasteiger partial charge in [-0.25, -0.2) is 27.9 Å². The lowest BCUT2D eigenvalue weighted by Crippen LogP contribution is -2.59. The van der Waals surface area contributed by atoms with Gasteiger partial charge in [0.2, 0.25) is 5.88 Å². The first kappa shape index (κ1) is 23.4. The number of piperidine rings is 1. The Morgan fingerprint density at radius 2 is 1.74 bits per heavy atom. The van der Waals surface area contributed by atoms with Crippen LogP contribution in [-0.4, -0.2) is 63.5 Å². The number of halogens is 3. The SMILES string of the molecule is CC(C)(C)OC(=O)N1CC2COCC(C1)C2Oc1ncnc2c1ccn2-c1c(F)cc(F)cc1F. The topological polar surface area (TPSA) is 78.7 Å². The van der Waals surface area contributed by atoms with E-state index >= 15 is 0 Å². The zero-order valence-electron chi connectivity index (χ0n) is 19.5. The zero-order chi connectivity index (χ0) is 24.9. The van der Waals surface area contributed by atoms with Gasteiger partial charge in [-0.15, -0.1) is 0 Å². The molecular weight excluding hydrogens is 465 g/mol. The monoisotopic (exact) mass is 490 g/mol. The first-order chi connectivity index (χ1) is 16.6. The van der Waals surface area contributed by atoms with E-state index < -0.39 is 28.7 Å². The molecule has 0 radical (unpaired) electrons. The van der Waals surface area contributed by atoms with E-state index in [0.29, 0.717) is 43.8 Å². The molecule has 0 spiro atoms. The van der Waals surface area contributed by atoms with Crippen molar-refractivity contribution < 1.29 is 32.2 Å². The average molecular weight is 490 g/mol. The molecule has 2 saturated heterocycles. The van der Waals surface area contributed by atoms with Gasteiger partial charge < -0.3 is 19.1 Å². The van der Waals surface area contributed by atoms with E-state index in [1.165, 1.54) is 17.1 Å². The van der Waals surface area contributed by atoms with Gasteiger partial charge in [0, 0.05) is 43.3 Å². The van der Waals surface area contributed by atoms with Gasteiger partial charge in [-0.1, -0.05) is 0 Å². The van der Waals surface area contributed by atoms with Gasteiger partial charge in [0.15, 0.2) is 17.3 Å². The lowest BCUT2D eigenvalue weighted by molar-refractivity contribution is -0.112. The molecule has 2 bridgehead atoms. The summed E-state index contributed by atoms with van der Waals surface area (Å²) in [6, 6.07) is 2.82. The molecule has 2 aliphatic rings. The fraction of sp³-hybridized carbons (Fsp3) is 0.458. The second-order valence-electron chi connectivity index (χ2n) is 9.85. The molecule has 0 N–H and O–H groups in total. The second kappa shape index (κ2) is 8.71. The Hall–Kier alpha value is -3.34. The molecule has 2 unspecified atom stereocenters. The molecule has 8 nitrogen and oxygen atoms in total. The minimum atomic E-state index is -1.05. The van der Waals surface area contributed by atoms with Crippen molar-refractivity contribution in [1.29, 1.82) is 0 Å². The summed E-state index contributed by atoms with van der Waals surface area (Å²) < 4.78 is 60.9. The molecule has 1 aromatic carbocycles. The molecule has 2 aromatic heterocycles. The van der Waals surface area contributed by atoms with Gasteiger partial charge >= 0.3 is 6.09 Å². The quantitative estimate of drug-likeness (QED) is 0.550. The minimum Gasteiger partial charge on any atom is -0.473 e. The summed E-state index contributed by atoms with van der Waals surface area (Å²) in [5, 5.41) is 0.448. The number of fused-ring (bicyclic) bond motifs is 3. The predicted molar refractivity (Wildman–Crippen MR) is 119 cm³/mol. The van der Waals surface area contributed by atoms with Crippen LogP contribution in [0.3, 0.4) is 0 Å². The maximum absolute atomic E-state index is 14.4. The fourth-order valence-electron chi connectivity index (χ4n) is 4.66. The first-order valence-electron chi connectivity index (χ1n) is 11.3. The first-order valence-corrected chi connectivity index (χ1v) is 11.3. The van der Waals surface area contributed by atoms with E-state index in [1.54, 1.807) is 11.0 Å². The van der Waals surface area contributed by atoms with E-state index in [0.717, 1.165) is 0 Å². The number of hydrogen-bond acceptors (Lipinski definition) is 6. The van der Waals surface area contributed by atoms with Crippen LogP contribution < -0.4 is 4.74 Å². The molecule has 2 fully saturated rings. The Morgan fingerprint density at radius 3 is 2.37 bits per heavy atom. The van der Waals surface area contributed by atoms with E-state index in [4.69, 9.17) is 14.2 Å². The molecule has 3 aromatic rings. The van der Waals surface area contributed by atoms with Crippen LogP contribution in [0.15, 0.2) is 30.7 Å². The van der Waals surface area contributed by atoms with Crippen LogP contribution in [0.25, 0.3) is 16.7 Å². The summed E-state index contributed by atoms with van der Waals surface area (Å²) in [5.74, 6) is -3.09. The number of aromatic nitrogens is 3. The Kier molecular flexibility index (Phi) is 5.82. The van der Waals surface area contributed by atoms with Crippen LogP contribution in [0.1, 0.15) is 20.8 Å². The number of ether oxygens (including phenoxy) is 3. The van der Waals surface area contributed by atoms with Crippen molar-refractivity contribution >= 4 is 17.1 Å². The molecule has 11 heteroatoms. The maximum Gasteiger partial charge on any atom is 0.410 e. The molecule has 4 heterocycles. The van der Waals surface area contributed by atoms with Crippen LogP contribution in [-0.2, 0) is 9.47 Å². The molecule has 35 heavy (non-hydrogen) atoms. The summed E-state index contributed by atoms with van der Waals surface area (Å²) >= 11 is 0. The summed E-state index contributed by atoms with van der Waals surface area (Å²) in [6.07, 6.45) is 2.01.